The van der Waals surface area contributed by atoms with Crippen molar-refractivity contribution in [2.24, 2.45) is 0 Å². The minimum atomic E-state index is -1.44. The van der Waals surface area contributed by atoms with Crippen LogP contribution in [0.1, 0.15) is 20.8 Å². The van der Waals surface area contributed by atoms with Crippen molar-refractivity contribution in [3.63, 3.8) is 0 Å². The molecule has 0 spiro atoms. The maximum absolute atomic E-state index is 12.8. The van der Waals surface area contributed by atoms with Gasteiger partial charge < -0.3 is 5.32 Å². The molecule has 0 radical (unpaired) electrons. The summed E-state index contributed by atoms with van der Waals surface area (Å²) < 4.78 is 38.1. The first-order valence-corrected chi connectivity index (χ1v) is 4.22. The molecule has 0 amide bonds. The Balaban J connectivity index is 3.02. The summed E-state index contributed by atoms with van der Waals surface area (Å²) >= 11 is 0. The Morgan fingerprint density at radius 2 is 1.43 bits per heavy atom. The van der Waals surface area contributed by atoms with Gasteiger partial charge in [-0.15, -0.1) is 0 Å². The Labute approximate surface area is 80.9 Å². The second-order valence-electron chi connectivity index (χ2n) is 4.13. The molecule has 0 saturated carbocycles. The number of benzene rings is 1. The van der Waals surface area contributed by atoms with Gasteiger partial charge in [-0.1, -0.05) is 0 Å². The zero-order valence-electron chi connectivity index (χ0n) is 8.29. The van der Waals surface area contributed by atoms with Crippen molar-refractivity contribution in [1.29, 1.82) is 0 Å². The molecule has 4 heteroatoms. The monoisotopic (exact) mass is 203 g/mol. The van der Waals surface area contributed by atoms with E-state index < -0.39 is 17.5 Å². The predicted molar refractivity (Wildman–Crippen MR) is 49.7 cm³/mol. The maximum Gasteiger partial charge on any atom is 0.194 e. The van der Waals surface area contributed by atoms with Crippen LogP contribution in [0.4, 0.5) is 18.9 Å². The Bertz CT molecular complexity index is 319. The highest BCUT2D eigenvalue weighted by Gasteiger charge is 2.14. The molecule has 0 atom stereocenters. The van der Waals surface area contributed by atoms with E-state index in [1.54, 1.807) is 0 Å². The van der Waals surface area contributed by atoms with Crippen LogP contribution in [-0.2, 0) is 0 Å². The molecule has 0 aliphatic carbocycles. The fourth-order valence-corrected chi connectivity index (χ4v) is 1.06. The maximum atomic E-state index is 12.8. The van der Waals surface area contributed by atoms with Crippen LogP contribution in [-0.4, -0.2) is 5.54 Å². The van der Waals surface area contributed by atoms with Gasteiger partial charge in [-0.05, 0) is 20.8 Å². The molecule has 0 saturated heterocycles. The molecule has 78 valence electrons. The average molecular weight is 203 g/mol. The zero-order valence-corrected chi connectivity index (χ0v) is 8.29. The summed E-state index contributed by atoms with van der Waals surface area (Å²) in [6.45, 7) is 5.52. The summed E-state index contributed by atoms with van der Waals surface area (Å²) in [5, 5.41) is 2.84. The van der Waals surface area contributed by atoms with Crippen molar-refractivity contribution in [3.8, 4) is 0 Å². The molecular formula is C10H12F3N. The minimum Gasteiger partial charge on any atom is -0.380 e. The van der Waals surface area contributed by atoms with Crippen LogP contribution in [0.15, 0.2) is 12.1 Å². The van der Waals surface area contributed by atoms with Gasteiger partial charge in [0.25, 0.3) is 0 Å². The number of nitrogens with one attached hydrogen (secondary N) is 1. The molecule has 1 nitrogen and oxygen atoms in total. The smallest absolute Gasteiger partial charge is 0.194 e. The van der Waals surface area contributed by atoms with E-state index in [0.29, 0.717) is 0 Å². The van der Waals surface area contributed by atoms with Gasteiger partial charge in [0.05, 0.1) is 0 Å². The number of rotatable bonds is 1. The quantitative estimate of drug-likeness (QED) is 0.690. The Hall–Kier alpha value is -1.19. The first-order valence-electron chi connectivity index (χ1n) is 4.22. The third kappa shape index (κ3) is 2.65. The normalized spacial score (nSPS) is 11.6. The summed E-state index contributed by atoms with van der Waals surface area (Å²) in [4.78, 5) is 0. The summed E-state index contributed by atoms with van der Waals surface area (Å²) in [5.74, 6) is -3.81. The van der Waals surface area contributed by atoms with E-state index in [-0.39, 0.29) is 11.2 Å². The largest absolute Gasteiger partial charge is 0.380 e. The molecule has 1 N–H and O–H groups in total. The topological polar surface area (TPSA) is 12.0 Å². The van der Waals surface area contributed by atoms with Crippen LogP contribution in [0, 0.1) is 17.5 Å². The summed E-state index contributed by atoms with van der Waals surface area (Å²) in [5.41, 5.74) is -0.0922. The lowest BCUT2D eigenvalue weighted by atomic mass is 10.1. The summed E-state index contributed by atoms with van der Waals surface area (Å²) in [6, 6.07) is 1.87. The molecule has 0 aromatic heterocycles. The van der Waals surface area contributed by atoms with E-state index in [4.69, 9.17) is 0 Å². The molecule has 0 bridgehead atoms. The highest BCUT2D eigenvalue weighted by Crippen LogP contribution is 2.20. The second kappa shape index (κ2) is 3.52. The number of hydrogen-bond acceptors (Lipinski definition) is 1. The molecule has 0 unspecified atom stereocenters. The van der Waals surface area contributed by atoms with Crippen LogP contribution in [0.3, 0.4) is 0 Å². The fraction of sp³-hybridized carbons (Fsp3) is 0.400. The van der Waals surface area contributed by atoms with Crippen LogP contribution >= 0.6 is 0 Å². The summed E-state index contributed by atoms with van der Waals surface area (Å²) in [6.07, 6.45) is 0. The highest BCUT2D eigenvalue weighted by molar-refractivity contribution is 5.45. The zero-order chi connectivity index (χ0) is 10.9. The lowest BCUT2D eigenvalue weighted by molar-refractivity contribution is 0.447. The molecule has 0 aliphatic heterocycles. The van der Waals surface area contributed by atoms with Gasteiger partial charge in [-0.25, -0.2) is 13.2 Å². The van der Waals surface area contributed by atoms with Crippen molar-refractivity contribution in [2.45, 2.75) is 26.3 Å². The van der Waals surface area contributed by atoms with E-state index in [1.807, 2.05) is 20.8 Å². The molecule has 1 aromatic rings. The second-order valence-corrected chi connectivity index (χ2v) is 4.13. The summed E-state index contributed by atoms with van der Waals surface area (Å²) in [7, 11) is 0. The molecular weight excluding hydrogens is 191 g/mol. The molecule has 0 fully saturated rings. The molecule has 14 heavy (non-hydrogen) atoms. The molecule has 1 aromatic carbocycles. The van der Waals surface area contributed by atoms with Gasteiger partial charge in [0.2, 0.25) is 0 Å². The number of halogens is 3. The molecule has 0 heterocycles. The van der Waals surface area contributed by atoms with Gasteiger partial charge in [0.1, 0.15) is 0 Å². The standard InChI is InChI=1S/C10H12F3N/c1-10(2,3)14-6-4-7(11)9(13)8(12)5-6/h4-5,14H,1-3H3. The van der Waals surface area contributed by atoms with E-state index in [0.717, 1.165) is 12.1 Å². The van der Waals surface area contributed by atoms with Crippen molar-refractivity contribution in [1.82, 2.24) is 0 Å². The minimum absolute atomic E-state index is 0.230. The van der Waals surface area contributed by atoms with Crippen molar-refractivity contribution in [3.05, 3.63) is 29.6 Å². The Morgan fingerprint density at radius 3 is 1.79 bits per heavy atom. The third-order valence-electron chi connectivity index (χ3n) is 1.50. The number of anilines is 1. The SMILES string of the molecule is CC(C)(C)Nc1cc(F)c(F)c(F)c1. The van der Waals surface area contributed by atoms with Crippen molar-refractivity contribution < 1.29 is 13.2 Å². The third-order valence-corrected chi connectivity index (χ3v) is 1.50. The molecule has 0 aliphatic rings. The van der Waals surface area contributed by atoms with Gasteiger partial charge in [-0.2, -0.15) is 0 Å². The number of hydrogen-bond donors (Lipinski definition) is 1. The van der Waals surface area contributed by atoms with Gasteiger partial charge >= 0.3 is 0 Å². The Kier molecular flexibility index (Phi) is 2.73. The van der Waals surface area contributed by atoms with E-state index in [1.165, 1.54) is 0 Å². The van der Waals surface area contributed by atoms with Crippen LogP contribution < -0.4 is 5.32 Å². The average Bonchev–Trinajstić information content (AvgIpc) is 1.96. The predicted octanol–water partition coefficient (Wildman–Crippen LogP) is 3.31. The van der Waals surface area contributed by atoms with Crippen LogP contribution in [0.5, 0.6) is 0 Å². The van der Waals surface area contributed by atoms with Crippen molar-refractivity contribution >= 4 is 5.69 Å². The van der Waals surface area contributed by atoms with Crippen LogP contribution in [0.2, 0.25) is 0 Å². The van der Waals surface area contributed by atoms with E-state index >= 15 is 0 Å². The first kappa shape index (κ1) is 10.9. The van der Waals surface area contributed by atoms with E-state index in [9.17, 15) is 13.2 Å². The fourth-order valence-electron chi connectivity index (χ4n) is 1.06. The lowest BCUT2D eigenvalue weighted by Crippen LogP contribution is -2.26. The Morgan fingerprint density at radius 1 is 1.00 bits per heavy atom. The van der Waals surface area contributed by atoms with Crippen LogP contribution in [0.25, 0.3) is 0 Å². The first-order chi connectivity index (χ1) is 6.29. The van der Waals surface area contributed by atoms with Crippen molar-refractivity contribution in [2.75, 3.05) is 5.32 Å². The molecule has 1 rings (SSSR count). The van der Waals surface area contributed by atoms with Gasteiger partial charge in [0.15, 0.2) is 17.5 Å². The van der Waals surface area contributed by atoms with Gasteiger partial charge in [-0.3, -0.25) is 0 Å². The highest BCUT2D eigenvalue weighted by atomic mass is 19.2. The van der Waals surface area contributed by atoms with E-state index in [2.05, 4.69) is 5.32 Å². The van der Waals surface area contributed by atoms with Gasteiger partial charge in [0, 0.05) is 23.4 Å². The lowest BCUT2D eigenvalue weighted by Gasteiger charge is -2.22.